The van der Waals surface area contributed by atoms with Gasteiger partial charge < -0.3 is 9.47 Å². The fourth-order valence-corrected chi connectivity index (χ4v) is 4.25. The van der Waals surface area contributed by atoms with Gasteiger partial charge in [-0.25, -0.2) is 4.98 Å². The van der Waals surface area contributed by atoms with Gasteiger partial charge in [-0.05, 0) is 35.9 Å². The number of benzene rings is 3. The number of aromatic nitrogens is 2. The van der Waals surface area contributed by atoms with E-state index in [1.54, 1.807) is 18.8 Å². The summed E-state index contributed by atoms with van der Waals surface area (Å²) in [7, 11) is 3.29. The van der Waals surface area contributed by atoms with E-state index in [9.17, 15) is 4.79 Å². The van der Waals surface area contributed by atoms with Gasteiger partial charge in [0, 0.05) is 11.3 Å². The van der Waals surface area contributed by atoms with E-state index in [2.05, 4.69) is 0 Å². The topological polar surface area (TPSA) is 53.3 Å². The van der Waals surface area contributed by atoms with E-state index in [1.807, 2.05) is 72.8 Å². The maximum atomic E-state index is 13.3. The summed E-state index contributed by atoms with van der Waals surface area (Å²) in [5.74, 6) is 2.24. The third-order valence-electron chi connectivity index (χ3n) is 4.85. The molecule has 1 heterocycles. The molecule has 0 saturated heterocycles. The number of thioether (sulfide) groups is 1. The van der Waals surface area contributed by atoms with Gasteiger partial charge in [0.25, 0.3) is 5.56 Å². The minimum Gasteiger partial charge on any atom is -0.497 e. The molecule has 5 nitrogen and oxygen atoms in total. The molecule has 4 aromatic rings. The standard InChI is InChI=1S/C24H22N2O3S/c1-28-19-10-7-8-17(14-19)16-30-24-25-21-12-5-4-11-20(21)23(27)26(24)15-18-9-3-6-13-22(18)29-2/h3-14H,15-16H2,1-2H3. The smallest absolute Gasteiger partial charge is 0.262 e. The van der Waals surface area contributed by atoms with Crippen molar-refractivity contribution in [1.29, 1.82) is 0 Å². The number of ether oxygens (including phenoxy) is 2. The quantitative estimate of drug-likeness (QED) is 0.320. The van der Waals surface area contributed by atoms with Gasteiger partial charge in [0.1, 0.15) is 11.5 Å². The maximum absolute atomic E-state index is 13.3. The van der Waals surface area contributed by atoms with Crippen molar-refractivity contribution < 1.29 is 9.47 Å². The zero-order chi connectivity index (χ0) is 20.9. The number of hydrogen-bond donors (Lipinski definition) is 0. The summed E-state index contributed by atoms with van der Waals surface area (Å²) in [6, 6.07) is 23.1. The van der Waals surface area contributed by atoms with Crippen LogP contribution in [0.5, 0.6) is 11.5 Å². The normalized spacial score (nSPS) is 10.9. The number of nitrogens with zero attached hydrogens (tertiary/aromatic N) is 2. The molecule has 0 bridgehead atoms. The summed E-state index contributed by atoms with van der Waals surface area (Å²) >= 11 is 1.54. The lowest BCUT2D eigenvalue weighted by Crippen LogP contribution is -2.24. The highest BCUT2D eigenvalue weighted by molar-refractivity contribution is 7.98. The van der Waals surface area contributed by atoms with Crippen LogP contribution in [0, 0.1) is 0 Å². The molecule has 3 aromatic carbocycles. The van der Waals surface area contributed by atoms with Crippen LogP contribution in [0.2, 0.25) is 0 Å². The second-order valence-electron chi connectivity index (χ2n) is 6.75. The van der Waals surface area contributed by atoms with Gasteiger partial charge in [-0.3, -0.25) is 9.36 Å². The lowest BCUT2D eigenvalue weighted by Gasteiger charge is -2.15. The lowest BCUT2D eigenvalue weighted by molar-refractivity contribution is 0.407. The summed E-state index contributed by atoms with van der Waals surface area (Å²) < 4.78 is 12.5. The summed E-state index contributed by atoms with van der Waals surface area (Å²) in [6.45, 7) is 0.390. The average molecular weight is 419 g/mol. The highest BCUT2D eigenvalue weighted by Crippen LogP contribution is 2.26. The molecule has 30 heavy (non-hydrogen) atoms. The van der Waals surface area contributed by atoms with Crippen LogP contribution in [-0.2, 0) is 12.3 Å². The average Bonchev–Trinajstić information content (AvgIpc) is 2.80. The number of rotatable bonds is 7. The van der Waals surface area contributed by atoms with Crippen LogP contribution in [0.25, 0.3) is 10.9 Å². The molecule has 4 rings (SSSR count). The van der Waals surface area contributed by atoms with Crippen LogP contribution < -0.4 is 15.0 Å². The van der Waals surface area contributed by atoms with Crippen molar-refractivity contribution in [2.75, 3.05) is 14.2 Å². The zero-order valence-corrected chi connectivity index (χ0v) is 17.7. The number of hydrogen-bond acceptors (Lipinski definition) is 5. The first-order valence-electron chi connectivity index (χ1n) is 9.57. The van der Waals surface area contributed by atoms with E-state index in [-0.39, 0.29) is 5.56 Å². The van der Waals surface area contributed by atoms with Gasteiger partial charge in [-0.2, -0.15) is 0 Å². The largest absolute Gasteiger partial charge is 0.497 e. The fourth-order valence-electron chi connectivity index (χ4n) is 3.31. The van der Waals surface area contributed by atoms with Gasteiger partial charge in [0.2, 0.25) is 0 Å². The van der Waals surface area contributed by atoms with Crippen LogP contribution in [0.3, 0.4) is 0 Å². The summed E-state index contributed by atoms with van der Waals surface area (Å²) in [5, 5.41) is 1.28. The Morgan fingerprint density at radius 2 is 1.73 bits per heavy atom. The van der Waals surface area contributed by atoms with Gasteiger partial charge >= 0.3 is 0 Å². The molecule has 0 atom stereocenters. The molecule has 0 aliphatic rings. The third-order valence-corrected chi connectivity index (χ3v) is 5.90. The Hall–Kier alpha value is -3.25. The first-order chi connectivity index (χ1) is 14.7. The van der Waals surface area contributed by atoms with Crippen LogP contribution in [0.1, 0.15) is 11.1 Å². The summed E-state index contributed by atoms with van der Waals surface area (Å²) in [5.41, 5.74) is 2.68. The molecule has 0 N–H and O–H groups in total. The van der Waals surface area contributed by atoms with E-state index < -0.39 is 0 Å². The van der Waals surface area contributed by atoms with Crippen LogP contribution in [0.4, 0.5) is 0 Å². The minimum absolute atomic E-state index is 0.0559. The minimum atomic E-state index is -0.0559. The Morgan fingerprint density at radius 1 is 0.933 bits per heavy atom. The highest BCUT2D eigenvalue weighted by Gasteiger charge is 2.14. The molecule has 6 heteroatoms. The van der Waals surface area contributed by atoms with E-state index >= 15 is 0 Å². The molecular weight excluding hydrogens is 396 g/mol. The van der Waals surface area contributed by atoms with E-state index in [4.69, 9.17) is 14.5 Å². The molecule has 152 valence electrons. The van der Waals surface area contributed by atoms with E-state index in [0.29, 0.717) is 28.4 Å². The van der Waals surface area contributed by atoms with Crippen molar-refractivity contribution in [3.8, 4) is 11.5 Å². The molecule has 0 radical (unpaired) electrons. The Labute approximate surface area is 179 Å². The van der Waals surface area contributed by atoms with Gasteiger partial charge in [-0.15, -0.1) is 0 Å². The summed E-state index contributed by atoms with van der Waals surface area (Å²) in [4.78, 5) is 18.1. The predicted molar refractivity (Wildman–Crippen MR) is 121 cm³/mol. The number of methoxy groups -OCH3 is 2. The first kappa shape index (κ1) is 20.0. The molecular formula is C24H22N2O3S. The molecule has 0 saturated carbocycles. The van der Waals surface area contributed by atoms with Gasteiger partial charge in [0.05, 0.1) is 31.7 Å². The van der Waals surface area contributed by atoms with Crippen LogP contribution >= 0.6 is 11.8 Å². The van der Waals surface area contributed by atoms with Crippen molar-refractivity contribution in [1.82, 2.24) is 9.55 Å². The number of fused-ring (bicyclic) bond motifs is 1. The second-order valence-corrected chi connectivity index (χ2v) is 7.70. The number of para-hydroxylation sites is 2. The highest BCUT2D eigenvalue weighted by atomic mass is 32.2. The molecule has 0 unspecified atom stereocenters. The Bertz CT molecular complexity index is 1240. The summed E-state index contributed by atoms with van der Waals surface area (Å²) in [6.07, 6.45) is 0. The second kappa shape index (κ2) is 9.05. The first-order valence-corrected chi connectivity index (χ1v) is 10.6. The van der Waals surface area contributed by atoms with Gasteiger partial charge in [-0.1, -0.05) is 54.2 Å². The van der Waals surface area contributed by atoms with Crippen LogP contribution in [0.15, 0.2) is 82.7 Å². The Morgan fingerprint density at radius 3 is 2.57 bits per heavy atom. The SMILES string of the molecule is COc1cccc(CSc2nc3ccccc3c(=O)n2Cc2ccccc2OC)c1. The predicted octanol–water partition coefficient (Wildman–Crippen LogP) is 4.75. The molecule has 0 aliphatic carbocycles. The molecule has 0 spiro atoms. The monoisotopic (exact) mass is 418 g/mol. The molecule has 0 amide bonds. The zero-order valence-electron chi connectivity index (χ0n) is 16.9. The van der Waals surface area contributed by atoms with Gasteiger partial charge in [0.15, 0.2) is 5.16 Å². The van der Waals surface area contributed by atoms with E-state index in [0.717, 1.165) is 22.6 Å². The van der Waals surface area contributed by atoms with Crippen molar-refractivity contribution >= 4 is 22.7 Å². The fraction of sp³-hybridized carbons (Fsp3) is 0.167. The molecule has 1 aromatic heterocycles. The van der Waals surface area contributed by atoms with Crippen molar-refractivity contribution in [3.05, 3.63) is 94.3 Å². The Kier molecular flexibility index (Phi) is 6.05. The lowest BCUT2D eigenvalue weighted by atomic mass is 10.2. The van der Waals surface area contributed by atoms with Crippen molar-refractivity contribution in [3.63, 3.8) is 0 Å². The Balaban J connectivity index is 1.75. The third kappa shape index (κ3) is 4.19. The van der Waals surface area contributed by atoms with Crippen LogP contribution in [-0.4, -0.2) is 23.8 Å². The van der Waals surface area contributed by atoms with Crippen molar-refractivity contribution in [2.45, 2.75) is 17.5 Å². The van der Waals surface area contributed by atoms with E-state index in [1.165, 1.54) is 11.8 Å². The molecule has 0 aliphatic heterocycles. The molecule has 0 fully saturated rings. The maximum Gasteiger partial charge on any atom is 0.262 e. The van der Waals surface area contributed by atoms with Crippen molar-refractivity contribution in [2.24, 2.45) is 0 Å².